The van der Waals surface area contributed by atoms with Crippen LogP contribution in [0.2, 0.25) is 0 Å². The number of hydrogen-bond acceptors (Lipinski definition) is 4. The Morgan fingerprint density at radius 2 is 0.806 bits per heavy atom. The molecule has 0 aliphatic rings. The van der Waals surface area contributed by atoms with Gasteiger partial charge in [0, 0.05) is 0 Å². The predicted octanol–water partition coefficient (Wildman–Crippen LogP) is 7.22. The second kappa shape index (κ2) is 23.0. The Hall–Kier alpha value is -0.170. The normalized spacial score (nSPS) is 11.9. The van der Waals surface area contributed by atoms with Crippen molar-refractivity contribution in [3.8, 4) is 0 Å². The third kappa shape index (κ3) is 32.1. The quantitative estimate of drug-likeness (QED) is 0.0776. The molecule has 0 atom stereocenters. The van der Waals surface area contributed by atoms with Gasteiger partial charge in [-0.1, -0.05) is 104 Å². The van der Waals surface area contributed by atoms with Crippen molar-refractivity contribution in [3.63, 3.8) is 0 Å². The second-order valence-electron chi connectivity index (χ2n) is 9.61. The van der Waals surface area contributed by atoms with Crippen LogP contribution >= 0.6 is 0 Å². The molecule has 0 rings (SSSR count). The number of hydrogen-bond donors (Lipinski definition) is 0. The highest BCUT2D eigenvalue weighted by Crippen LogP contribution is 2.13. The smallest absolute Gasteiger partial charge is 0.217 e. The average molecular weight is 466 g/mol. The van der Waals surface area contributed by atoms with Crippen molar-refractivity contribution in [2.24, 2.45) is 0 Å². The summed E-state index contributed by atoms with van der Waals surface area (Å²) < 4.78 is 32.3. The van der Waals surface area contributed by atoms with Crippen molar-refractivity contribution < 1.29 is 21.6 Å². The second-order valence-corrected chi connectivity index (χ2v) is 10.8. The molecule has 0 heterocycles. The molecule has 0 aliphatic carbocycles. The summed E-state index contributed by atoms with van der Waals surface area (Å²) in [7, 11) is 1.27. The van der Waals surface area contributed by atoms with Gasteiger partial charge in [0.1, 0.15) is 0 Å². The minimum Gasteiger partial charge on any atom is -0.726 e. The van der Waals surface area contributed by atoms with E-state index in [2.05, 4.69) is 32.1 Å². The van der Waals surface area contributed by atoms with Crippen molar-refractivity contribution in [1.29, 1.82) is 0 Å². The molecule has 31 heavy (non-hydrogen) atoms. The number of quaternary nitrogens is 1. The molecule has 0 N–H and O–H groups in total. The van der Waals surface area contributed by atoms with Crippen LogP contribution in [0.4, 0.5) is 0 Å². The van der Waals surface area contributed by atoms with Crippen LogP contribution in [0.25, 0.3) is 0 Å². The Kier molecular flexibility index (Phi) is 24.5. The Morgan fingerprint density at radius 3 is 1.03 bits per heavy atom. The van der Waals surface area contributed by atoms with Crippen LogP contribution in [0.1, 0.15) is 129 Å². The summed E-state index contributed by atoms with van der Waals surface area (Å²) in [6.07, 6.45) is 26.0. The molecule has 0 aromatic heterocycles. The third-order valence-electron chi connectivity index (χ3n) is 5.94. The maximum atomic E-state index is 9.22. The molecular formula is C25H55NO4S. The fourth-order valence-electron chi connectivity index (χ4n) is 3.81. The van der Waals surface area contributed by atoms with E-state index < -0.39 is 10.4 Å². The van der Waals surface area contributed by atoms with Crippen LogP contribution in [0.15, 0.2) is 0 Å². The predicted molar refractivity (Wildman–Crippen MR) is 133 cm³/mol. The van der Waals surface area contributed by atoms with Gasteiger partial charge in [-0.05, 0) is 25.7 Å². The standard InChI is InChI=1S/C24H52N.CH4O4S/c1-5-7-9-11-13-15-16-18-20-22-24-25(3,4)23-21-19-17-14-12-10-8-6-2;1-5-6(2,3)4/h5-24H2,1-4H3;1H3,(H,2,3,4)/q+1;/p-1. The first kappa shape index (κ1) is 33.0. The SMILES string of the molecule is CCCCCCCCCCCC[N+](C)(C)CCCCCCCCCC.COS(=O)(=O)[O-]. The first-order valence-corrected chi connectivity index (χ1v) is 14.3. The van der Waals surface area contributed by atoms with Gasteiger partial charge in [0.15, 0.2) is 0 Å². The molecule has 0 radical (unpaired) electrons. The van der Waals surface area contributed by atoms with Crippen molar-refractivity contribution >= 4 is 10.4 Å². The van der Waals surface area contributed by atoms with Crippen molar-refractivity contribution in [2.45, 2.75) is 129 Å². The fourth-order valence-corrected chi connectivity index (χ4v) is 3.81. The molecule has 5 nitrogen and oxygen atoms in total. The molecule has 6 heteroatoms. The largest absolute Gasteiger partial charge is 0.726 e. The molecule has 190 valence electrons. The Balaban J connectivity index is 0. The van der Waals surface area contributed by atoms with Crippen LogP contribution in [0, 0.1) is 0 Å². The summed E-state index contributed by atoms with van der Waals surface area (Å²) >= 11 is 0. The lowest BCUT2D eigenvalue weighted by Gasteiger charge is -2.30. The highest BCUT2D eigenvalue weighted by Gasteiger charge is 2.13. The Bertz CT molecular complexity index is 452. The van der Waals surface area contributed by atoms with E-state index in [-0.39, 0.29) is 0 Å². The molecule has 0 saturated heterocycles. The highest BCUT2D eigenvalue weighted by molar-refractivity contribution is 7.80. The van der Waals surface area contributed by atoms with Gasteiger partial charge in [0.25, 0.3) is 0 Å². The molecule has 0 saturated carbocycles. The first-order chi connectivity index (χ1) is 14.7. The van der Waals surface area contributed by atoms with E-state index >= 15 is 0 Å². The lowest BCUT2D eigenvalue weighted by atomic mass is 10.1. The van der Waals surface area contributed by atoms with Crippen LogP contribution in [0.3, 0.4) is 0 Å². The fraction of sp³-hybridized carbons (Fsp3) is 1.00. The average Bonchev–Trinajstić information content (AvgIpc) is 2.71. The number of rotatable bonds is 21. The molecule has 0 bridgehead atoms. The van der Waals surface area contributed by atoms with E-state index in [9.17, 15) is 13.0 Å². The molecule has 0 spiro atoms. The molecule has 0 amide bonds. The molecule has 0 aliphatic heterocycles. The third-order valence-corrected chi connectivity index (χ3v) is 6.35. The molecule has 0 unspecified atom stereocenters. The molecule has 0 aromatic rings. The Labute approximate surface area is 195 Å². The number of unbranched alkanes of at least 4 members (excludes halogenated alkanes) is 16. The minimum absolute atomic E-state index is 0.808. The van der Waals surface area contributed by atoms with Gasteiger partial charge < -0.3 is 9.04 Å². The van der Waals surface area contributed by atoms with Gasteiger partial charge in [0.05, 0.1) is 34.3 Å². The zero-order valence-corrected chi connectivity index (χ0v) is 22.4. The van der Waals surface area contributed by atoms with Crippen LogP contribution in [0.5, 0.6) is 0 Å². The van der Waals surface area contributed by atoms with E-state index in [0.29, 0.717) is 0 Å². The minimum atomic E-state index is -4.41. The lowest BCUT2D eigenvalue weighted by molar-refractivity contribution is -0.890. The van der Waals surface area contributed by atoms with E-state index in [0.717, 1.165) is 7.11 Å². The van der Waals surface area contributed by atoms with Crippen molar-refractivity contribution in [3.05, 3.63) is 0 Å². The van der Waals surface area contributed by atoms with Gasteiger partial charge in [-0.15, -0.1) is 0 Å². The van der Waals surface area contributed by atoms with Crippen molar-refractivity contribution in [1.82, 2.24) is 0 Å². The number of nitrogens with zero attached hydrogens (tertiary/aromatic N) is 1. The van der Waals surface area contributed by atoms with Gasteiger partial charge in [-0.25, -0.2) is 8.42 Å². The summed E-state index contributed by atoms with van der Waals surface area (Å²) in [5, 5.41) is 0. The van der Waals surface area contributed by atoms with Crippen molar-refractivity contribution in [2.75, 3.05) is 34.3 Å². The van der Waals surface area contributed by atoms with E-state index in [1.807, 2.05) is 0 Å². The maximum absolute atomic E-state index is 9.22. The summed E-state index contributed by atoms with van der Waals surface area (Å²) in [5.41, 5.74) is 0. The zero-order chi connectivity index (χ0) is 23.8. The highest BCUT2D eigenvalue weighted by atomic mass is 32.3. The Morgan fingerprint density at radius 1 is 0.581 bits per heavy atom. The monoisotopic (exact) mass is 465 g/mol. The maximum Gasteiger partial charge on any atom is 0.217 e. The molecular weight excluding hydrogens is 410 g/mol. The van der Waals surface area contributed by atoms with Gasteiger partial charge in [-0.3, -0.25) is 4.18 Å². The summed E-state index contributed by atoms with van der Waals surface area (Å²) in [5.74, 6) is 0. The first-order valence-electron chi connectivity index (χ1n) is 13.0. The van der Waals surface area contributed by atoms with Crippen LogP contribution in [-0.2, 0) is 14.6 Å². The van der Waals surface area contributed by atoms with Crippen LogP contribution < -0.4 is 0 Å². The van der Waals surface area contributed by atoms with Gasteiger partial charge in [-0.2, -0.15) is 0 Å². The van der Waals surface area contributed by atoms with Gasteiger partial charge >= 0.3 is 0 Å². The lowest BCUT2D eigenvalue weighted by Crippen LogP contribution is -2.41. The molecule has 0 fully saturated rings. The molecule has 0 aromatic carbocycles. The summed E-state index contributed by atoms with van der Waals surface area (Å²) in [6, 6.07) is 0. The van der Waals surface area contributed by atoms with E-state index in [4.69, 9.17) is 0 Å². The van der Waals surface area contributed by atoms with E-state index in [1.54, 1.807) is 0 Å². The summed E-state index contributed by atoms with van der Waals surface area (Å²) in [6.45, 7) is 7.36. The van der Waals surface area contributed by atoms with E-state index in [1.165, 1.54) is 133 Å². The summed E-state index contributed by atoms with van der Waals surface area (Å²) in [4.78, 5) is 0. The van der Waals surface area contributed by atoms with Gasteiger partial charge in [0.2, 0.25) is 10.4 Å². The zero-order valence-electron chi connectivity index (χ0n) is 21.6. The van der Waals surface area contributed by atoms with Crippen LogP contribution in [-0.4, -0.2) is 51.7 Å². The topological polar surface area (TPSA) is 66.4 Å².